The summed E-state index contributed by atoms with van der Waals surface area (Å²) < 4.78 is 5.61. The second kappa shape index (κ2) is 7.49. The van der Waals surface area contributed by atoms with Crippen LogP contribution in [-0.4, -0.2) is 4.92 Å². The van der Waals surface area contributed by atoms with E-state index < -0.39 is 4.92 Å². The van der Waals surface area contributed by atoms with E-state index in [1.165, 1.54) is 6.08 Å². The van der Waals surface area contributed by atoms with Gasteiger partial charge in [0.25, 0.3) is 0 Å². The summed E-state index contributed by atoms with van der Waals surface area (Å²) >= 11 is 18.0. The number of benzene rings is 2. The molecule has 0 radical (unpaired) electrons. The van der Waals surface area contributed by atoms with Gasteiger partial charge in [0, 0.05) is 21.7 Å². The van der Waals surface area contributed by atoms with Crippen LogP contribution in [0.2, 0.25) is 15.1 Å². The minimum atomic E-state index is -0.541. The largest absolute Gasteiger partial charge is 0.487 e. The van der Waals surface area contributed by atoms with Crippen molar-refractivity contribution in [2.24, 2.45) is 0 Å². The Morgan fingerprint density at radius 1 is 1.09 bits per heavy atom. The minimum absolute atomic E-state index is 0.236. The molecule has 114 valence electrons. The molecular weight excluding hydrogens is 349 g/mol. The molecular formula is C15H10Cl3NO3. The van der Waals surface area contributed by atoms with Crippen molar-refractivity contribution < 1.29 is 9.66 Å². The number of hydrogen-bond acceptors (Lipinski definition) is 3. The standard InChI is InChI=1S/C15H10Cl3NO3/c16-12-3-2-11(13(17)8-12)9-22-15-4-1-10(7-14(15)18)5-6-19(20)21/h1-8H,9H2/b6-5+. The molecule has 0 aliphatic rings. The first-order chi connectivity index (χ1) is 10.5. The number of ether oxygens (including phenoxy) is 1. The van der Waals surface area contributed by atoms with Crippen LogP contribution in [0.25, 0.3) is 6.08 Å². The van der Waals surface area contributed by atoms with E-state index in [0.717, 1.165) is 11.8 Å². The molecule has 0 unspecified atom stereocenters. The van der Waals surface area contributed by atoms with Crippen LogP contribution in [0.4, 0.5) is 0 Å². The van der Waals surface area contributed by atoms with Crippen LogP contribution in [0.3, 0.4) is 0 Å². The molecule has 0 aromatic heterocycles. The Labute approximate surface area is 142 Å². The van der Waals surface area contributed by atoms with Gasteiger partial charge in [-0.15, -0.1) is 0 Å². The molecule has 0 aliphatic heterocycles. The second-order valence-corrected chi connectivity index (χ2v) is 5.57. The van der Waals surface area contributed by atoms with Crippen LogP contribution in [-0.2, 0) is 6.61 Å². The summed E-state index contributed by atoms with van der Waals surface area (Å²) in [6, 6.07) is 10.0. The van der Waals surface area contributed by atoms with Gasteiger partial charge in [-0.25, -0.2) is 0 Å². The highest BCUT2D eigenvalue weighted by atomic mass is 35.5. The molecule has 0 spiro atoms. The maximum absolute atomic E-state index is 10.3. The third-order valence-corrected chi connectivity index (χ3v) is 3.63. The van der Waals surface area contributed by atoms with Crippen molar-refractivity contribution in [1.29, 1.82) is 0 Å². The maximum Gasteiger partial charge on any atom is 0.235 e. The summed E-state index contributed by atoms with van der Waals surface area (Å²) in [5.41, 5.74) is 1.39. The highest BCUT2D eigenvalue weighted by molar-refractivity contribution is 6.35. The van der Waals surface area contributed by atoms with Crippen LogP contribution in [0.15, 0.2) is 42.6 Å². The Balaban J connectivity index is 2.08. The van der Waals surface area contributed by atoms with Gasteiger partial charge in [0.2, 0.25) is 6.20 Å². The second-order valence-electron chi connectivity index (χ2n) is 4.32. The van der Waals surface area contributed by atoms with Crippen LogP contribution in [0.1, 0.15) is 11.1 Å². The lowest BCUT2D eigenvalue weighted by atomic mass is 10.2. The van der Waals surface area contributed by atoms with Gasteiger partial charge in [-0.05, 0) is 29.8 Å². The number of nitro groups is 1. The fraction of sp³-hybridized carbons (Fsp3) is 0.0667. The molecule has 0 fully saturated rings. The topological polar surface area (TPSA) is 52.4 Å². The summed E-state index contributed by atoms with van der Waals surface area (Å²) in [5, 5.41) is 11.7. The zero-order chi connectivity index (χ0) is 16.1. The van der Waals surface area contributed by atoms with Crippen molar-refractivity contribution in [3.63, 3.8) is 0 Å². The van der Waals surface area contributed by atoms with Crippen LogP contribution >= 0.6 is 34.8 Å². The fourth-order valence-corrected chi connectivity index (χ4v) is 2.39. The Morgan fingerprint density at radius 2 is 1.86 bits per heavy atom. The number of hydrogen-bond donors (Lipinski definition) is 0. The van der Waals surface area contributed by atoms with Gasteiger partial charge in [0.15, 0.2) is 0 Å². The lowest BCUT2D eigenvalue weighted by molar-refractivity contribution is -0.400. The normalized spacial score (nSPS) is 10.9. The SMILES string of the molecule is O=[N+]([O-])/C=C/c1ccc(OCc2ccc(Cl)cc2Cl)c(Cl)c1. The van der Waals surface area contributed by atoms with Crippen molar-refractivity contribution in [3.05, 3.63) is 78.9 Å². The lowest BCUT2D eigenvalue weighted by Crippen LogP contribution is -1.97. The molecule has 2 aromatic rings. The first-order valence-electron chi connectivity index (χ1n) is 6.13. The molecule has 0 N–H and O–H groups in total. The van der Waals surface area contributed by atoms with Crippen LogP contribution in [0.5, 0.6) is 5.75 Å². The van der Waals surface area contributed by atoms with E-state index >= 15 is 0 Å². The molecule has 0 aliphatic carbocycles. The zero-order valence-electron chi connectivity index (χ0n) is 11.1. The Morgan fingerprint density at radius 3 is 2.50 bits per heavy atom. The van der Waals surface area contributed by atoms with Crippen molar-refractivity contribution in [3.8, 4) is 5.75 Å². The van der Waals surface area contributed by atoms with E-state index in [-0.39, 0.29) is 6.61 Å². The summed E-state index contributed by atoms with van der Waals surface area (Å²) in [5.74, 6) is 0.464. The van der Waals surface area contributed by atoms with Crippen LogP contribution < -0.4 is 4.74 Å². The summed E-state index contributed by atoms with van der Waals surface area (Å²) in [7, 11) is 0. The molecule has 0 amide bonds. The first-order valence-corrected chi connectivity index (χ1v) is 7.27. The summed E-state index contributed by atoms with van der Waals surface area (Å²) in [6.07, 6.45) is 2.20. The lowest BCUT2D eigenvalue weighted by Gasteiger charge is -2.10. The van der Waals surface area contributed by atoms with E-state index in [9.17, 15) is 10.1 Å². The molecule has 22 heavy (non-hydrogen) atoms. The van der Waals surface area contributed by atoms with E-state index in [0.29, 0.717) is 26.4 Å². The average molecular weight is 359 g/mol. The quantitative estimate of drug-likeness (QED) is 0.526. The highest BCUT2D eigenvalue weighted by Gasteiger charge is 2.06. The third kappa shape index (κ3) is 4.63. The van der Waals surface area contributed by atoms with Crippen molar-refractivity contribution in [1.82, 2.24) is 0 Å². The van der Waals surface area contributed by atoms with E-state index in [1.807, 2.05) is 0 Å². The van der Waals surface area contributed by atoms with Gasteiger partial charge >= 0.3 is 0 Å². The number of halogens is 3. The predicted octanol–water partition coefficient (Wildman–Crippen LogP) is 5.47. The molecule has 0 heterocycles. The minimum Gasteiger partial charge on any atom is -0.487 e. The van der Waals surface area contributed by atoms with E-state index in [4.69, 9.17) is 39.5 Å². The smallest absolute Gasteiger partial charge is 0.235 e. The average Bonchev–Trinajstić information content (AvgIpc) is 2.45. The molecule has 0 bridgehead atoms. The molecule has 2 aromatic carbocycles. The molecule has 7 heteroatoms. The van der Waals surface area contributed by atoms with Gasteiger partial charge in [-0.2, -0.15) is 0 Å². The van der Waals surface area contributed by atoms with Gasteiger partial charge in [0.1, 0.15) is 12.4 Å². The van der Waals surface area contributed by atoms with Gasteiger partial charge in [-0.3, -0.25) is 10.1 Å². The summed E-state index contributed by atoms with van der Waals surface area (Å²) in [4.78, 5) is 9.74. The van der Waals surface area contributed by atoms with Gasteiger partial charge in [-0.1, -0.05) is 46.9 Å². The highest BCUT2D eigenvalue weighted by Crippen LogP contribution is 2.28. The zero-order valence-corrected chi connectivity index (χ0v) is 13.4. The summed E-state index contributed by atoms with van der Waals surface area (Å²) in [6.45, 7) is 0.236. The Hall–Kier alpha value is -1.75. The predicted molar refractivity (Wildman–Crippen MR) is 88.3 cm³/mol. The first kappa shape index (κ1) is 16.6. The van der Waals surface area contributed by atoms with E-state index in [2.05, 4.69) is 0 Å². The fourth-order valence-electron chi connectivity index (χ4n) is 1.68. The van der Waals surface area contributed by atoms with Gasteiger partial charge < -0.3 is 4.74 Å². The molecule has 2 rings (SSSR count). The van der Waals surface area contributed by atoms with Crippen LogP contribution in [0, 0.1) is 10.1 Å². The van der Waals surface area contributed by atoms with E-state index in [1.54, 1.807) is 36.4 Å². The van der Waals surface area contributed by atoms with Crippen molar-refractivity contribution >= 4 is 40.9 Å². The Kier molecular flexibility index (Phi) is 5.66. The third-order valence-electron chi connectivity index (χ3n) is 2.74. The van der Waals surface area contributed by atoms with Crippen molar-refractivity contribution in [2.45, 2.75) is 6.61 Å². The molecule has 0 saturated heterocycles. The molecule has 0 atom stereocenters. The van der Waals surface area contributed by atoms with Crippen molar-refractivity contribution in [2.75, 3.05) is 0 Å². The van der Waals surface area contributed by atoms with Gasteiger partial charge in [0.05, 0.1) is 9.95 Å². The number of nitrogens with zero attached hydrogens (tertiary/aromatic N) is 1. The maximum atomic E-state index is 10.3. The molecule has 4 nitrogen and oxygen atoms in total. The monoisotopic (exact) mass is 357 g/mol. The number of rotatable bonds is 5. The Bertz CT molecular complexity index is 732. The molecule has 0 saturated carbocycles.